The van der Waals surface area contributed by atoms with Crippen LogP contribution in [0.1, 0.15) is 39.6 Å². The predicted octanol–water partition coefficient (Wildman–Crippen LogP) is 2.74. The van der Waals surface area contributed by atoms with Gasteiger partial charge in [-0.05, 0) is 49.2 Å². The Balaban J connectivity index is 1.08. The van der Waals surface area contributed by atoms with E-state index >= 15 is 0 Å². The highest BCUT2D eigenvalue weighted by atomic mass is 16.5. The number of benzene rings is 2. The molecule has 0 bridgehead atoms. The molecular weight excluding hydrogens is 526 g/mol. The van der Waals surface area contributed by atoms with E-state index in [1.165, 1.54) is 6.20 Å². The van der Waals surface area contributed by atoms with Crippen LogP contribution in [0.5, 0.6) is 5.75 Å². The lowest BCUT2D eigenvalue weighted by Crippen LogP contribution is -2.57. The zero-order chi connectivity index (χ0) is 28.7. The van der Waals surface area contributed by atoms with E-state index in [1.54, 1.807) is 42.3 Å². The van der Waals surface area contributed by atoms with Crippen LogP contribution in [0, 0.1) is 0 Å². The lowest BCUT2D eigenvalue weighted by Gasteiger charge is -2.41. The maximum absolute atomic E-state index is 13.3. The molecule has 214 valence electrons. The Morgan fingerprint density at radius 3 is 2.15 bits per heavy atom. The maximum atomic E-state index is 13.3. The van der Waals surface area contributed by atoms with Crippen molar-refractivity contribution in [3.8, 4) is 5.75 Å². The molecule has 3 amide bonds. The molecule has 2 saturated heterocycles. The van der Waals surface area contributed by atoms with Crippen LogP contribution in [-0.4, -0.2) is 102 Å². The molecule has 11 heteroatoms. The summed E-state index contributed by atoms with van der Waals surface area (Å²) in [5.41, 5.74) is 1.61. The van der Waals surface area contributed by atoms with Gasteiger partial charge in [0.2, 0.25) is 5.43 Å². The van der Waals surface area contributed by atoms with Crippen LogP contribution in [-0.2, 0) is 0 Å². The van der Waals surface area contributed by atoms with E-state index in [0.29, 0.717) is 69.1 Å². The van der Waals surface area contributed by atoms with Crippen LogP contribution in [0.2, 0.25) is 0 Å². The summed E-state index contributed by atoms with van der Waals surface area (Å²) in [6.07, 6.45) is 3.41. The van der Waals surface area contributed by atoms with Crippen LogP contribution in [0.4, 0.5) is 10.5 Å². The van der Waals surface area contributed by atoms with Gasteiger partial charge < -0.3 is 34.0 Å². The first-order valence-electron chi connectivity index (χ1n) is 14.0. The SMILES string of the molecule is COc1cccc(C(=O)N2CCN(C(=O)N3CCN(c4ccc5c(=O)c(C(=O)O)cn(C6CC6)c5c4)CC3)CC2)c1. The Kier molecular flexibility index (Phi) is 7.02. The number of anilines is 1. The first kappa shape index (κ1) is 26.7. The minimum absolute atomic E-state index is 0.0135. The number of aromatic nitrogens is 1. The van der Waals surface area contributed by atoms with Crippen molar-refractivity contribution in [2.75, 3.05) is 64.4 Å². The highest BCUT2D eigenvalue weighted by Gasteiger charge is 2.31. The Morgan fingerprint density at radius 1 is 0.854 bits per heavy atom. The average molecular weight is 560 g/mol. The topological polar surface area (TPSA) is 116 Å². The van der Waals surface area contributed by atoms with Gasteiger partial charge in [-0.1, -0.05) is 6.07 Å². The summed E-state index contributed by atoms with van der Waals surface area (Å²) >= 11 is 0. The van der Waals surface area contributed by atoms with Crippen molar-refractivity contribution >= 4 is 34.5 Å². The number of aromatic carboxylic acids is 1. The van der Waals surface area contributed by atoms with Crippen molar-refractivity contribution in [2.45, 2.75) is 18.9 Å². The monoisotopic (exact) mass is 559 g/mol. The van der Waals surface area contributed by atoms with Crippen LogP contribution >= 0.6 is 0 Å². The molecule has 1 aliphatic carbocycles. The summed E-state index contributed by atoms with van der Waals surface area (Å²) in [5, 5.41) is 9.91. The third-order valence-electron chi connectivity index (χ3n) is 8.26. The summed E-state index contributed by atoms with van der Waals surface area (Å²) < 4.78 is 7.16. The van der Waals surface area contributed by atoms with E-state index in [4.69, 9.17) is 4.74 Å². The van der Waals surface area contributed by atoms with Crippen molar-refractivity contribution in [3.05, 3.63) is 70.0 Å². The normalized spacial score (nSPS) is 17.6. The van der Waals surface area contributed by atoms with Gasteiger partial charge in [0.15, 0.2) is 0 Å². The van der Waals surface area contributed by atoms with Crippen LogP contribution in [0.15, 0.2) is 53.5 Å². The molecule has 0 atom stereocenters. The Labute approximate surface area is 237 Å². The summed E-state index contributed by atoms with van der Waals surface area (Å²) in [4.78, 5) is 58.3. The molecule has 2 aliphatic heterocycles. The maximum Gasteiger partial charge on any atom is 0.341 e. The van der Waals surface area contributed by atoms with Gasteiger partial charge in [-0.25, -0.2) is 9.59 Å². The van der Waals surface area contributed by atoms with Gasteiger partial charge in [0.05, 0.1) is 12.6 Å². The molecule has 0 spiro atoms. The van der Waals surface area contributed by atoms with Gasteiger partial charge in [0.1, 0.15) is 11.3 Å². The summed E-state index contributed by atoms with van der Waals surface area (Å²) in [6, 6.07) is 12.9. The smallest absolute Gasteiger partial charge is 0.341 e. The molecule has 3 fully saturated rings. The minimum Gasteiger partial charge on any atom is -0.497 e. The molecule has 6 rings (SSSR count). The Bertz CT molecular complexity index is 1570. The van der Waals surface area contributed by atoms with Gasteiger partial charge in [0, 0.05) is 81.2 Å². The van der Waals surface area contributed by atoms with Crippen molar-refractivity contribution in [3.63, 3.8) is 0 Å². The number of piperazine rings is 2. The number of carbonyl (C=O) groups excluding carboxylic acids is 2. The largest absolute Gasteiger partial charge is 0.497 e. The lowest BCUT2D eigenvalue weighted by atomic mass is 10.1. The number of urea groups is 1. The molecule has 0 unspecified atom stereocenters. The number of hydrogen-bond donors (Lipinski definition) is 1. The predicted molar refractivity (Wildman–Crippen MR) is 153 cm³/mol. The number of fused-ring (bicyclic) bond motifs is 1. The van der Waals surface area contributed by atoms with Crippen LogP contribution in [0.3, 0.4) is 0 Å². The van der Waals surface area contributed by atoms with Gasteiger partial charge in [0.25, 0.3) is 5.91 Å². The molecule has 0 radical (unpaired) electrons. The zero-order valence-corrected chi connectivity index (χ0v) is 23.0. The fourth-order valence-corrected chi connectivity index (χ4v) is 5.74. The second-order valence-electron chi connectivity index (χ2n) is 10.8. The Morgan fingerprint density at radius 2 is 1.51 bits per heavy atom. The van der Waals surface area contributed by atoms with Crippen molar-refractivity contribution in [2.24, 2.45) is 0 Å². The summed E-state index contributed by atoms with van der Waals surface area (Å²) in [7, 11) is 1.57. The number of rotatable bonds is 5. The van der Waals surface area contributed by atoms with E-state index in [9.17, 15) is 24.3 Å². The molecule has 3 aliphatic rings. The van der Waals surface area contributed by atoms with Gasteiger partial charge >= 0.3 is 12.0 Å². The molecule has 1 saturated carbocycles. The molecular formula is C30H33N5O6. The number of carbonyl (C=O) groups is 3. The fraction of sp³-hybridized carbons (Fsp3) is 0.400. The zero-order valence-electron chi connectivity index (χ0n) is 23.0. The number of methoxy groups -OCH3 is 1. The fourth-order valence-electron chi connectivity index (χ4n) is 5.74. The number of amides is 3. The van der Waals surface area contributed by atoms with Gasteiger partial charge in [-0.15, -0.1) is 0 Å². The third-order valence-corrected chi connectivity index (χ3v) is 8.26. The standard InChI is InChI=1S/C30H33N5O6/c1-41-23-4-2-3-20(17-23)28(37)32-11-15-34(16-12-32)30(40)33-13-9-31(10-14-33)22-7-8-24-26(18-22)35(21-5-6-21)19-25(27(24)36)29(38)39/h2-4,7-8,17-19,21H,5-6,9-16H2,1H3,(H,38,39). The van der Waals surface area contributed by atoms with Gasteiger partial charge in [-0.2, -0.15) is 0 Å². The van der Waals surface area contributed by atoms with Crippen molar-refractivity contribution in [1.29, 1.82) is 0 Å². The van der Waals surface area contributed by atoms with Crippen LogP contribution in [0.25, 0.3) is 10.9 Å². The first-order valence-corrected chi connectivity index (χ1v) is 14.0. The summed E-state index contributed by atoms with van der Waals surface area (Å²) in [6.45, 7) is 4.34. The first-order chi connectivity index (χ1) is 19.8. The average Bonchev–Trinajstić information content (AvgIpc) is 3.86. The van der Waals surface area contributed by atoms with E-state index in [1.807, 2.05) is 26.5 Å². The number of carboxylic acids is 1. The molecule has 3 heterocycles. The van der Waals surface area contributed by atoms with Gasteiger partial charge in [-0.3, -0.25) is 9.59 Å². The lowest BCUT2D eigenvalue weighted by molar-refractivity contribution is 0.0636. The van der Waals surface area contributed by atoms with E-state index in [-0.39, 0.29) is 23.5 Å². The number of nitrogens with zero attached hydrogens (tertiary/aromatic N) is 5. The molecule has 11 nitrogen and oxygen atoms in total. The summed E-state index contributed by atoms with van der Waals surface area (Å²) in [5.74, 6) is -0.635. The molecule has 1 aromatic heterocycles. The second-order valence-corrected chi connectivity index (χ2v) is 10.8. The highest BCUT2D eigenvalue weighted by Crippen LogP contribution is 2.37. The number of carboxylic acid groups (broad SMARTS) is 1. The minimum atomic E-state index is -1.21. The number of ether oxygens (including phenoxy) is 1. The van der Waals surface area contributed by atoms with E-state index < -0.39 is 11.4 Å². The third kappa shape index (κ3) is 5.19. The molecule has 2 aromatic carbocycles. The molecule has 1 N–H and O–H groups in total. The number of pyridine rings is 1. The Hall–Kier alpha value is -4.54. The molecule has 41 heavy (non-hydrogen) atoms. The van der Waals surface area contributed by atoms with E-state index in [0.717, 1.165) is 24.0 Å². The van der Waals surface area contributed by atoms with E-state index in [2.05, 4.69) is 4.90 Å². The van der Waals surface area contributed by atoms with Crippen molar-refractivity contribution in [1.82, 2.24) is 19.3 Å². The van der Waals surface area contributed by atoms with Crippen molar-refractivity contribution < 1.29 is 24.2 Å². The quantitative estimate of drug-likeness (QED) is 0.511. The molecule has 3 aromatic rings. The highest BCUT2D eigenvalue weighted by molar-refractivity contribution is 5.95. The second kappa shape index (κ2) is 10.8. The van der Waals surface area contributed by atoms with Crippen LogP contribution < -0.4 is 15.1 Å². The number of hydrogen-bond acceptors (Lipinski definition) is 6.